The molecule has 0 saturated heterocycles. The minimum absolute atomic E-state index is 0.509. The minimum Gasteiger partial charge on any atom is -0.338 e. The molecule has 0 fully saturated rings. The zero-order valence-corrected chi connectivity index (χ0v) is 22.3. The molecule has 0 aliphatic heterocycles. The lowest BCUT2D eigenvalue weighted by atomic mass is 10.1. The zero-order chi connectivity index (χ0) is 26.2. The van der Waals surface area contributed by atoms with Crippen LogP contribution in [0.25, 0.3) is 0 Å². The topological polar surface area (TPSA) is 90.5 Å². The third-order valence-corrected chi connectivity index (χ3v) is 11.2. The third kappa shape index (κ3) is 8.70. The molecule has 196 valence electrons. The van der Waals surface area contributed by atoms with Crippen molar-refractivity contribution >= 4 is 35.2 Å². The predicted molar refractivity (Wildman–Crippen MR) is 154 cm³/mol. The number of carbonyl (C=O) groups is 2. The highest BCUT2D eigenvalue weighted by atomic mass is 31.2. The molecule has 0 atom stereocenters. The standard InChI is InChI=1S/C30H38N3O3P/c34-29(32-30(35)33-36)31-24-16-5-3-1-2-4-6-17-25-37(26-18-10-7-11-19-26,27-20-12-8-13-21-27)28-22-14-9-15-23-28/h7-15,18-23H,1-6,16-17,24-25H2,(H3-,31,32,33,34,35,36)/p+1. The first-order chi connectivity index (χ1) is 18.2. The van der Waals surface area contributed by atoms with Gasteiger partial charge in [-0.2, -0.15) is 0 Å². The van der Waals surface area contributed by atoms with Crippen molar-refractivity contribution in [3.8, 4) is 0 Å². The predicted octanol–water partition coefficient (Wildman–Crippen LogP) is 5.50. The first-order valence-corrected chi connectivity index (χ1v) is 15.2. The van der Waals surface area contributed by atoms with E-state index in [0.717, 1.165) is 19.3 Å². The van der Waals surface area contributed by atoms with E-state index in [1.54, 1.807) is 0 Å². The summed E-state index contributed by atoms with van der Waals surface area (Å²) in [6, 6.07) is 31.7. The summed E-state index contributed by atoms with van der Waals surface area (Å²) in [6.07, 6.45) is 10.3. The van der Waals surface area contributed by atoms with Crippen LogP contribution in [-0.2, 0) is 0 Å². The van der Waals surface area contributed by atoms with Crippen molar-refractivity contribution in [1.82, 2.24) is 16.1 Å². The largest absolute Gasteiger partial charge is 0.346 e. The van der Waals surface area contributed by atoms with Gasteiger partial charge in [-0.3, -0.25) is 10.5 Å². The number of unbranched alkanes of at least 4 members (excludes halogenated alkanes) is 7. The monoisotopic (exact) mass is 520 g/mol. The average molecular weight is 521 g/mol. The molecular formula is C30H39N3O3P+. The van der Waals surface area contributed by atoms with Crippen LogP contribution in [0.2, 0.25) is 0 Å². The van der Waals surface area contributed by atoms with Crippen LogP contribution in [0.15, 0.2) is 91.0 Å². The first kappa shape index (κ1) is 28.4. The summed E-state index contributed by atoms with van der Waals surface area (Å²) in [7, 11) is -1.73. The quantitative estimate of drug-likeness (QED) is 0.0979. The highest BCUT2D eigenvalue weighted by Gasteiger charge is 2.44. The van der Waals surface area contributed by atoms with Crippen LogP contribution in [0.1, 0.15) is 51.4 Å². The number of urea groups is 2. The van der Waals surface area contributed by atoms with E-state index in [9.17, 15) is 9.59 Å². The Labute approximate surface area is 221 Å². The maximum absolute atomic E-state index is 11.4. The van der Waals surface area contributed by atoms with E-state index in [-0.39, 0.29) is 0 Å². The molecular weight excluding hydrogens is 481 g/mol. The lowest BCUT2D eigenvalue weighted by Crippen LogP contribution is -2.44. The Morgan fingerprint density at radius 1 is 0.568 bits per heavy atom. The van der Waals surface area contributed by atoms with E-state index >= 15 is 0 Å². The van der Waals surface area contributed by atoms with E-state index in [2.05, 4.69) is 96.3 Å². The molecule has 3 aromatic rings. The highest BCUT2D eigenvalue weighted by Crippen LogP contribution is 2.55. The SMILES string of the molecule is O=C(NO)NC(=O)NCCCCCCCCCC[P+](c1ccccc1)(c1ccccc1)c1ccccc1. The maximum Gasteiger partial charge on any atom is 0.346 e. The summed E-state index contributed by atoms with van der Waals surface area (Å²) in [5.74, 6) is 0. The second-order valence-corrected chi connectivity index (χ2v) is 12.8. The number of nitrogens with one attached hydrogen (secondary N) is 3. The van der Waals surface area contributed by atoms with Crippen LogP contribution >= 0.6 is 7.26 Å². The van der Waals surface area contributed by atoms with Gasteiger partial charge in [0, 0.05) is 6.54 Å². The average Bonchev–Trinajstić information content (AvgIpc) is 2.95. The van der Waals surface area contributed by atoms with Gasteiger partial charge >= 0.3 is 12.1 Å². The molecule has 3 aromatic carbocycles. The molecule has 0 saturated carbocycles. The van der Waals surface area contributed by atoms with Crippen molar-refractivity contribution in [3.05, 3.63) is 91.0 Å². The number of hydrogen-bond donors (Lipinski definition) is 4. The molecule has 0 radical (unpaired) electrons. The van der Waals surface area contributed by atoms with E-state index in [1.807, 2.05) is 5.32 Å². The van der Waals surface area contributed by atoms with Gasteiger partial charge in [-0.1, -0.05) is 86.7 Å². The Morgan fingerprint density at radius 2 is 0.973 bits per heavy atom. The van der Waals surface area contributed by atoms with Crippen LogP contribution in [-0.4, -0.2) is 30.0 Å². The molecule has 0 spiro atoms. The van der Waals surface area contributed by atoms with E-state index in [1.165, 1.54) is 59.7 Å². The van der Waals surface area contributed by atoms with Crippen molar-refractivity contribution in [2.24, 2.45) is 0 Å². The summed E-state index contributed by atoms with van der Waals surface area (Å²) in [5.41, 5.74) is 1.36. The minimum atomic E-state index is -1.73. The summed E-state index contributed by atoms with van der Waals surface area (Å²) < 4.78 is 0. The van der Waals surface area contributed by atoms with Crippen molar-refractivity contribution in [1.29, 1.82) is 0 Å². The number of hydrogen-bond acceptors (Lipinski definition) is 3. The zero-order valence-electron chi connectivity index (χ0n) is 21.4. The Hall–Kier alpha value is -3.21. The normalized spacial score (nSPS) is 11.1. The number of hydroxylamine groups is 1. The van der Waals surface area contributed by atoms with Crippen molar-refractivity contribution < 1.29 is 14.8 Å². The van der Waals surface area contributed by atoms with Gasteiger partial charge in [0.05, 0.1) is 6.16 Å². The van der Waals surface area contributed by atoms with Crippen molar-refractivity contribution in [2.75, 3.05) is 12.7 Å². The number of amides is 4. The van der Waals surface area contributed by atoms with Crippen molar-refractivity contribution in [3.63, 3.8) is 0 Å². The number of rotatable bonds is 14. The van der Waals surface area contributed by atoms with E-state index < -0.39 is 19.3 Å². The molecule has 3 rings (SSSR count). The molecule has 7 heteroatoms. The second-order valence-electron chi connectivity index (χ2n) is 9.19. The fraction of sp³-hybridized carbons (Fsp3) is 0.333. The van der Waals surface area contributed by atoms with Crippen LogP contribution in [0.5, 0.6) is 0 Å². The van der Waals surface area contributed by atoms with Gasteiger partial charge in [0.1, 0.15) is 23.2 Å². The number of benzene rings is 3. The Bertz CT molecular complexity index is 969. The summed E-state index contributed by atoms with van der Waals surface area (Å²) in [6.45, 7) is 0.509. The Morgan fingerprint density at radius 3 is 1.41 bits per heavy atom. The molecule has 0 aliphatic carbocycles. The van der Waals surface area contributed by atoms with Crippen LogP contribution in [0.4, 0.5) is 9.59 Å². The Balaban J connectivity index is 1.47. The molecule has 4 amide bonds. The fourth-order valence-electron chi connectivity index (χ4n) is 4.79. The van der Waals surface area contributed by atoms with E-state index in [0.29, 0.717) is 6.54 Å². The van der Waals surface area contributed by atoms with Crippen LogP contribution in [0.3, 0.4) is 0 Å². The lowest BCUT2D eigenvalue weighted by molar-refractivity contribution is 0.161. The van der Waals surface area contributed by atoms with Crippen LogP contribution in [0, 0.1) is 0 Å². The third-order valence-electron chi connectivity index (χ3n) is 6.63. The van der Waals surface area contributed by atoms with E-state index in [4.69, 9.17) is 5.21 Å². The number of imide groups is 1. The molecule has 0 unspecified atom stereocenters. The van der Waals surface area contributed by atoms with Crippen LogP contribution < -0.4 is 32.0 Å². The van der Waals surface area contributed by atoms with Gasteiger partial charge in [-0.15, -0.1) is 0 Å². The van der Waals surface area contributed by atoms with Gasteiger partial charge in [0.25, 0.3) is 0 Å². The molecule has 37 heavy (non-hydrogen) atoms. The summed E-state index contributed by atoms with van der Waals surface area (Å²) in [4.78, 5) is 22.2. The first-order valence-electron chi connectivity index (χ1n) is 13.2. The fourth-order valence-corrected chi connectivity index (χ4v) is 9.20. The molecule has 4 N–H and O–H groups in total. The molecule has 0 aromatic heterocycles. The number of carbonyl (C=O) groups excluding carboxylic acids is 2. The summed E-state index contributed by atoms with van der Waals surface area (Å²) >= 11 is 0. The maximum atomic E-state index is 11.4. The second kappa shape index (κ2) is 15.8. The van der Waals surface area contributed by atoms with Crippen molar-refractivity contribution in [2.45, 2.75) is 51.4 Å². The molecule has 6 nitrogen and oxygen atoms in total. The summed E-state index contributed by atoms with van der Waals surface area (Å²) in [5, 5.41) is 17.3. The van der Waals surface area contributed by atoms with Gasteiger partial charge in [-0.05, 0) is 55.7 Å². The smallest absolute Gasteiger partial charge is 0.338 e. The molecule has 0 aliphatic rings. The molecule has 0 bridgehead atoms. The highest BCUT2D eigenvalue weighted by molar-refractivity contribution is 7.95. The molecule has 0 heterocycles. The van der Waals surface area contributed by atoms with Gasteiger partial charge in [0.2, 0.25) is 0 Å². The van der Waals surface area contributed by atoms with Gasteiger partial charge < -0.3 is 5.32 Å². The van der Waals surface area contributed by atoms with Gasteiger partial charge in [-0.25, -0.2) is 15.1 Å². The van der Waals surface area contributed by atoms with Gasteiger partial charge in [0.15, 0.2) is 0 Å². The Kier molecular flexibility index (Phi) is 12.1. The lowest BCUT2D eigenvalue weighted by Gasteiger charge is -2.27.